The van der Waals surface area contributed by atoms with Crippen LogP contribution in [0.1, 0.15) is 58.3 Å². The maximum Gasteiger partial charge on any atom is 0.0223 e. The van der Waals surface area contributed by atoms with Gasteiger partial charge in [0.05, 0.1) is 0 Å². The fourth-order valence-electron chi connectivity index (χ4n) is 1.35. The SMILES string of the molecule is CC/C=C\CCCCCCCCCl. The predicted octanol–water partition coefficient (Wildman–Crippen LogP) is 4.92. The molecule has 0 aromatic heterocycles. The molecule has 0 spiro atoms. The van der Waals surface area contributed by atoms with Crippen LogP contribution in [0, 0.1) is 0 Å². The van der Waals surface area contributed by atoms with Gasteiger partial charge in [0.25, 0.3) is 0 Å². The highest BCUT2D eigenvalue weighted by Crippen LogP contribution is 2.07. The molecule has 0 nitrogen and oxygen atoms in total. The summed E-state index contributed by atoms with van der Waals surface area (Å²) in [5.74, 6) is 0.833. The van der Waals surface area contributed by atoms with Crippen LogP contribution in [0.2, 0.25) is 0 Å². The van der Waals surface area contributed by atoms with Gasteiger partial charge in [-0.15, -0.1) is 11.6 Å². The Morgan fingerprint density at radius 3 is 2.08 bits per heavy atom. The lowest BCUT2D eigenvalue weighted by atomic mass is 10.1. The van der Waals surface area contributed by atoms with Crippen LogP contribution in [-0.4, -0.2) is 5.88 Å². The second kappa shape index (κ2) is 12.0. The van der Waals surface area contributed by atoms with Gasteiger partial charge < -0.3 is 0 Å². The Morgan fingerprint density at radius 1 is 0.846 bits per heavy atom. The third-order valence-corrected chi connectivity index (χ3v) is 2.42. The van der Waals surface area contributed by atoms with E-state index in [0.29, 0.717) is 0 Å². The molecule has 0 fully saturated rings. The summed E-state index contributed by atoms with van der Waals surface area (Å²) in [6, 6.07) is 0. The number of rotatable bonds is 9. The quantitative estimate of drug-likeness (QED) is 0.283. The van der Waals surface area contributed by atoms with Crippen molar-refractivity contribution in [3.8, 4) is 0 Å². The lowest BCUT2D eigenvalue weighted by molar-refractivity contribution is 0.612. The van der Waals surface area contributed by atoms with E-state index in [1.165, 1.54) is 51.4 Å². The molecule has 0 aromatic carbocycles. The van der Waals surface area contributed by atoms with Gasteiger partial charge in [-0.2, -0.15) is 0 Å². The van der Waals surface area contributed by atoms with Crippen molar-refractivity contribution in [2.45, 2.75) is 58.3 Å². The molecule has 0 aliphatic rings. The largest absolute Gasteiger partial charge is 0.127 e. The first-order chi connectivity index (χ1) is 6.41. The molecule has 0 aromatic rings. The maximum absolute atomic E-state index is 5.59. The van der Waals surface area contributed by atoms with E-state index in [-0.39, 0.29) is 0 Å². The maximum atomic E-state index is 5.59. The van der Waals surface area contributed by atoms with E-state index in [9.17, 15) is 0 Å². The average Bonchev–Trinajstić information content (AvgIpc) is 2.16. The number of allylic oxidation sites excluding steroid dienone is 2. The molecule has 0 radical (unpaired) electrons. The third-order valence-electron chi connectivity index (χ3n) is 2.16. The van der Waals surface area contributed by atoms with Gasteiger partial charge in [-0.3, -0.25) is 0 Å². The van der Waals surface area contributed by atoms with E-state index in [1.807, 2.05) is 0 Å². The Labute approximate surface area is 88.4 Å². The number of alkyl halides is 1. The van der Waals surface area contributed by atoms with Crippen LogP contribution in [-0.2, 0) is 0 Å². The predicted molar refractivity (Wildman–Crippen MR) is 62.5 cm³/mol. The van der Waals surface area contributed by atoms with Crippen LogP contribution < -0.4 is 0 Å². The summed E-state index contributed by atoms with van der Waals surface area (Å²) in [4.78, 5) is 0. The molecule has 0 saturated heterocycles. The van der Waals surface area contributed by atoms with Crippen molar-refractivity contribution in [2.24, 2.45) is 0 Å². The van der Waals surface area contributed by atoms with Crippen LogP contribution in [0.4, 0.5) is 0 Å². The van der Waals surface area contributed by atoms with Crippen LogP contribution in [0.5, 0.6) is 0 Å². The molecule has 0 N–H and O–H groups in total. The van der Waals surface area contributed by atoms with E-state index >= 15 is 0 Å². The lowest BCUT2D eigenvalue weighted by Crippen LogP contribution is -1.80. The van der Waals surface area contributed by atoms with Crippen molar-refractivity contribution in [1.82, 2.24) is 0 Å². The van der Waals surface area contributed by atoms with Gasteiger partial charge in [-0.25, -0.2) is 0 Å². The molecule has 0 unspecified atom stereocenters. The molecular weight excluding hydrogens is 180 g/mol. The molecule has 0 rings (SSSR count). The molecule has 0 atom stereocenters. The number of hydrogen-bond donors (Lipinski definition) is 0. The van der Waals surface area contributed by atoms with E-state index < -0.39 is 0 Å². The summed E-state index contributed by atoms with van der Waals surface area (Å²) in [6.45, 7) is 2.18. The van der Waals surface area contributed by atoms with Gasteiger partial charge in [-0.05, 0) is 25.7 Å². The highest BCUT2D eigenvalue weighted by molar-refractivity contribution is 6.17. The van der Waals surface area contributed by atoms with Crippen molar-refractivity contribution in [1.29, 1.82) is 0 Å². The van der Waals surface area contributed by atoms with Gasteiger partial charge in [0.1, 0.15) is 0 Å². The second-order valence-corrected chi connectivity index (χ2v) is 3.86. The highest BCUT2D eigenvalue weighted by Gasteiger charge is 1.89. The first kappa shape index (κ1) is 13.0. The Morgan fingerprint density at radius 2 is 1.46 bits per heavy atom. The zero-order valence-corrected chi connectivity index (χ0v) is 9.65. The summed E-state index contributed by atoms with van der Waals surface area (Å²) in [5, 5.41) is 0. The van der Waals surface area contributed by atoms with Crippen LogP contribution in [0.3, 0.4) is 0 Å². The van der Waals surface area contributed by atoms with Crippen molar-refractivity contribution < 1.29 is 0 Å². The van der Waals surface area contributed by atoms with Crippen molar-refractivity contribution in [3.63, 3.8) is 0 Å². The number of hydrogen-bond acceptors (Lipinski definition) is 0. The summed E-state index contributed by atoms with van der Waals surface area (Å²) >= 11 is 5.59. The topological polar surface area (TPSA) is 0 Å². The Kier molecular flexibility index (Phi) is 12.1. The first-order valence-electron chi connectivity index (χ1n) is 5.62. The molecule has 0 aliphatic carbocycles. The molecule has 0 amide bonds. The normalized spacial score (nSPS) is 11.2. The standard InChI is InChI=1S/C12H23Cl/c1-2-3-4-5-6-7-8-9-10-11-12-13/h3-4H,2,5-12H2,1H3/b4-3-. The van der Waals surface area contributed by atoms with Crippen molar-refractivity contribution in [3.05, 3.63) is 12.2 Å². The Hall–Kier alpha value is 0.0300. The lowest BCUT2D eigenvalue weighted by Gasteiger charge is -1.98. The minimum absolute atomic E-state index is 0.833. The first-order valence-corrected chi connectivity index (χ1v) is 6.16. The fourth-order valence-corrected chi connectivity index (χ4v) is 1.54. The Balaban J connectivity index is 2.87. The van der Waals surface area contributed by atoms with Crippen LogP contribution in [0.15, 0.2) is 12.2 Å². The minimum Gasteiger partial charge on any atom is -0.127 e. The zero-order valence-electron chi connectivity index (χ0n) is 8.90. The summed E-state index contributed by atoms with van der Waals surface area (Å²) in [6.07, 6.45) is 15.0. The molecule has 1 heteroatoms. The number of halogens is 1. The van der Waals surface area contributed by atoms with Gasteiger partial charge in [-0.1, -0.05) is 44.8 Å². The van der Waals surface area contributed by atoms with Gasteiger partial charge >= 0.3 is 0 Å². The average molecular weight is 203 g/mol. The fraction of sp³-hybridized carbons (Fsp3) is 0.833. The Bertz CT molecular complexity index is 108. The van der Waals surface area contributed by atoms with E-state index in [1.54, 1.807) is 0 Å². The molecule has 0 aliphatic heterocycles. The number of unbranched alkanes of at least 4 members (excludes halogenated alkanes) is 6. The second-order valence-electron chi connectivity index (χ2n) is 3.48. The van der Waals surface area contributed by atoms with Crippen LogP contribution >= 0.6 is 11.6 Å². The summed E-state index contributed by atoms with van der Waals surface area (Å²) in [5.41, 5.74) is 0. The zero-order chi connectivity index (χ0) is 9.78. The molecular formula is C12H23Cl. The van der Waals surface area contributed by atoms with Crippen molar-refractivity contribution >= 4 is 11.6 Å². The van der Waals surface area contributed by atoms with Gasteiger partial charge in [0, 0.05) is 5.88 Å². The molecule has 0 saturated carbocycles. The highest BCUT2D eigenvalue weighted by atomic mass is 35.5. The summed E-state index contributed by atoms with van der Waals surface area (Å²) in [7, 11) is 0. The van der Waals surface area contributed by atoms with Crippen LogP contribution in [0.25, 0.3) is 0 Å². The minimum atomic E-state index is 0.833. The van der Waals surface area contributed by atoms with E-state index in [0.717, 1.165) is 5.88 Å². The van der Waals surface area contributed by atoms with E-state index in [4.69, 9.17) is 11.6 Å². The monoisotopic (exact) mass is 202 g/mol. The summed E-state index contributed by atoms with van der Waals surface area (Å²) < 4.78 is 0. The molecule has 0 bridgehead atoms. The molecule has 0 heterocycles. The molecule has 78 valence electrons. The smallest absolute Gasteiger partial charge is 0.0223 e. The third kappa shape index (κ3) is 12.0. The van der Waals surface area contributed by atoms with Gasteiger partial charge in [0.15, 0.2) is 0 Å². The van der Waals surface area contributed by atoms with Gasteiger partial charge in [0.2, 0.25) is 0 Å². The molecule has 13 heavy (non-hydrogen) atoms. The van der Waals surface area contributed by atoms with E-state index in [2.05, 4.69) is 19.1 Å². The van der Waals surface area contributed by atoms with Crippen molar-refractivity contribution in [2.75, 3.05) is 5.88 Å².